The maximum atomic E-state index is 12.5. The summed E-state index contributed by atoms with van der Waals surface area (Å²) in [6.45, 7) is 0. The van der Waals surface area contributed by atoms with Crippen molar-refractivity contribution in [2.24, 2.45) is 5.10 Å². The molecule has 0 bridgehead atoms. The first kappa shape index (κ1) is 11.4. The van der Waals surface area contributed by atoms with Crippen LogP contribution in [0.4, 0.5) is 0 Å². The minimum Gasteiger partial charge on any atom is -0.266 e. The molecule has 0 N–H and O–H groups in total. The topological polar surface area (TPSA) is 32.7 Å². The predicted molar refractivity (Wildman–Crippen MR) is 83.1 cm³/mol. The Morgan fingerprint density at radius 3 is 2.55 bits per heavy atom. The number of nitrogens with zero attached hydrogens (tertiary/aromatic N) is 2. The van der Waals surface area contributed by atoms with Crippen LogP contribution < -0.4 is 0 Å². The molecule has 0 aromatic heterocycles. The Balaban J connectivity index is 1.94. The highest BCUT2D eigenvalue weighted by Gasteiger charge is 2.32. The van der Waals surface area contributed by atoms with Crippen molar-refractivity contribution in [1.29, 1.82) is 0 Å². The van der Waals surface area contributed by atoms with Gasteiger partial charge in [0.05, 0.1) is 6.21 Å². The van der Waals surface area contributed by atoms with Crippen molar-refractivity contribution >= 4 is 32.9 Å². The number of hydrogen-bond acceptors (Lipinski definition) is 2. The monoisotopic (exact) mass is 278 g/mol. The lowest BCUT2D eigenvalue weighted by Gasteiger charge is -2.19. The van der Waals surface area contributed by atoms with E-state index in [1.165, 1.54) is 15.9 Å². The second-order valence-electron chi connectivity index (χ2n) is 4.55. The van der Waals surface area contributed by atoms with Gasteiger partial charge in [0.2, 0.25) is 0 Å². The van der Waals surface area contributed by atoms with Crippen LogP contribution >= 0.6 is 10.9 Å². The summed E-state index contributed by atoms with van der Waals surface area (Å²) in [5.41, 5.74) is 3.05. The van der Waals surface area contributed by atoms with Gasteiger partial charge in [-0.3, -0.25) is 4.79 Å². The SMILES string of the molecule is O=C1C(c2ccccc2)=S=C2c3ccccc3C=NN12. The van der Waals surface area contributed by atoms with Gasteiger partial charge in [0.15, 0.2) is 0 Å². The van der Waals surface area contributed by atoms with Gasteiger partial charge in [0, 0.05) is 11.1 Å². The maximum absolute atomic E-state index is 12.5. The number of hydrazone groups is 1. The molecule has 0 fully saturated rings. The number of fused-ring (bicyclic) bond motifs is 3. The maximum Gasteiger partial charge on any atom is 0.290 e. The Bertz CT molecular complexity index is 817. The van der Waals surface area contributed by atoms with Gasteiger partial charge in [-0.2, -0.15) is 10.1 Å². The largest absolute Gasteiger partial charge is 0.290 e. The second kappa shape index (κ2) is 4.28. The average molecular weight is 278 g/mol. The van der Waals surface area contributed by atoms with E-state index >= 15 is 0 Å². The van der Waals surface area contributed by atoms with Crippen LogP contribution in [0.1, 0.15) is 16.7 Å². The molecule has 0 unspecified atom stereocenters. The minimum absolute atomic E-state index is 0.0537. The van der Waals surface area contributed by atoms with Crippen LogP contribution in [0.15, 0.2) is 59.7 Å². The summed E-state index contributed by atoms with van der Waals surface area (Å²) in [5.74, 6) is -0.0537. The Kier molecular flexibility index (Phi) is 2.44. The number of rotatable bonds is 1. The summed E-state index contributed by atoms with van der Waals surface area (Å²) >= 11 is 0. The molecule has 0 saturated carbocycles. The van der Waals surface area contributed by atoms with E-state index in [1.54, 1.807) is 6.21 Å². The van der Waals surface area contributed by atoms with Gasteiger partial charge in [-0.05, 0) is 5.56 Å². The summed E-state index contributed by atoms with van der Waals surface area (Å²) < 4.78 is 0. The molecule has 1 amide bonds. The molecule has 2 aromatic rings. The van der Waals surface area contributed by atoms with Gasteiger partial charge in [0.25, 0.3) is 5.91 Å². The molecule has 2 aromatic carbocycles. The first-order chi connectivity index (χ1) is 9.84. The number of hydrogen-bond donors (Lipinski definition) is 0. The molecule has 4 heteroatoms. The fourth-order valence-electron chi connectivity index (χ4n) is 2.34. The first-order valence-electron chi connectivity index (χ1n) is 6.29. The van der Waals surface area contributed by atoms with Crippen LogP contribution in [0.2, 0.25) is 0 Å². The molecule has 0 radical (unpaired) electrons. The molecule has 20 heavy (non-hydrogen) atoms. The summed E-state index contributed by atoms with van der Waals surface area (Å²) in [4.78, 5) is 14.1. The molecule has 2 aliphatic rings. The first-order valence-corrected chi connectivity index (χ1v) is 7.11. The zero-order valence-corrected chi connectivity index (χ0v) is 11.3. The quantitative estimate of drug-likeness (QED) is 0.737. The van der Waals surface area contributed by atoms with Gasteiger partial charge >= 0.3 is 0 Å². The van der Waals surface area contributed by atoms with Crippen molar-refractivity contribution in [1.82, 2.24) is 5.01 Å². The van der Waals surface area contributed by atoms with E-state index in [0.29, 0.717) is 0 Å². The summed E-state index contributed by atoms with van der Waals surface area (Å²) in [6, 6.07) is 17.7. The minimum atomic E-state index is -0.0537. The average Bonchev–Trinajstić information content (AvgIpc) is 2.86. The van der Waals surface area contributed by atoms with Crippen molar-refractivity contribution in [3.05, 3.63) is 71.3 Å². The number of amides is 1. The molecule has 2 heterocycles. The molecular weight excluding hydrogens is 268 g/mol. The highest BCUT2D eigenvalue weighted by Crippen LogP contribution is 2.23. The number of carbonyl (C=O) groups is 1. The molecule has 0 atom stereocenters. The zero-order valence-electron chi connectivity index (χ0n) is 10.5. The smallest absolute Gasteiger partial charge is 0.266 e. The summed E-state index contributed by atoms with van der Waals surface area (Å²) in [5, 5.41) is 5.77. The Morgan fingerprint density at radius 2 is 1.70 bits per heavy atom. The highest BCUT2D eigenvalue weighted by atomic mass is 32.1. The normalized spacial score (nSPS) is 16.0. The fourth-order valence-corrected chi connectivity index (χ4v) is 3.48. The second-order valence-corrected chi connectivity index (χ2v) is 5.55. The number of benzene rings is 2. The Morgan fingerprint density at radius 1 is 0.950 bits per heavy atom. The van der Waals surface area contributed by atoms with E-state index in [1.807, 2.05) is 54.6 Å². The van der Waals surface area contributed by atoms with Crippen molar-refractivity contribution < 1.29 is 4.79 Å². The van der Waals surface area contributed by atoms with Crippen molar-refractivity contribution in [2.45, 2.75) is 0 Å². The van der Waals surface area contributed by atoms with Crippen LogP contribution in [0.5, 0.6) is 0 Å². The van der Waals surface area contributed by atoms with Gasteiger partial charge in [-0.25, -0.2) is 0 Å². The lowest BCUT2D eigenvalue weighted by molar-refractivity contribution is -0.120. The fraction of sp³-hybridized carbons (Fsp3) is 0. The van der Waals surface area contributed by atoms with E-state index in [0.717, 1.165) is 26.5 Å². The van der Waals surface area contributed by atoms with E-state index in [2.05, 4.69) is 5.10 Å². The highest BCUT2D eigenvalue weighted by molar-refractivity contribution is 8.00. The Labute approximate surface area is 119 Å². The van der Waals surface area contributed by atoms with Crippen LogP contribution in [-0.2, 0) is 4.79 Å². The van der Waals surface area contributed by atoms with Gasteiger partial charge in [-0.15, -0.1) is 10.9 Å². The van der Waals surface area contributed by atoms with Crippen LogP contribution in [0.3, 0.4) is 0 Å². The van der Waals surface area contributed by atoms with Crippen molar-refractivity contribution in [3.8, 4) is 0 Å². The molecule has 0 spiro atoms. The van der Waals surface area contributed by atoms with Crippen LogP contribution in [0.25, 0.3) is 0 Å². The molecule has 4 rings (SSSR count). The van der Waals surface area contributed by atoms with E-state index in [9.17, 15) is 4.79 Å². The van der Waals surface area contributed by atoms with Crippen molar-refractivity contribution in [2.75, 3.05) is 0 Å². The van der Waals surface area contributed by atoms with Crippen molar-refractivity contribution in [3.63, 3.8) is 0 Å². The molecule has 96 valence electrons. The standard InChI is InChI=1S/C16H10N2OS/c19-15-14(11-6-2-1-3-7-11)20-16-13-9-5-4-8-12(13)10-17-18(15)16/h1-10H. The summed E-state index contributed by atoms with van der Waals surface area (Å²) in [7, 11) is 1.49. The molecule has 0 aliphatic carbocycles. The van der Waals surface area contributed by atoms with Crippen LogP contribution in [0, 0.1) is 0 Å². The third-order valence-electron chi connectivity index (χ3n) is 3.32. The van der Waals surface area contributed by atoms with Gasteiger partial charge < -0.3 is 0 Å². The molecular formula is C16H10N2OS. The molecule has 3 nitrogen and oxygen atoms in total. The zero-order chi connectivity index (χ0) is 13.5. The molecule has 0 saturated heterocycles. The van der Waals surface area contributed by atoms with Gasteiger partial charge in [-0.1, -0.05) is 54.6 Å². The lowest BCUT2D eigenvalue weighted by Crippen LogP contribution is -2.34. The lowest BCUT2D eigenvalue weighted by atomic mass is 10.1. The Hall–Kier alpha value is -2.46. The third-order valence-corrected chi connectivity index (χ3v) is 4.52. The van der Waals surface area contributed by atoms with Crippen LogP contribution in [-0.4, -0.2) is 27.0 Å². The predicted octanol–water partition coefficient (Wildman–Crippen LogP) is 2.31. The third kappa shape index (κ3) is 1.58. The van der Waals surface area contributed by atoms with E-state index in [4.69, 9.17) is 0 Å². The number of carbonyl (C=O) groups excluding carboxylic acids is 1. The van der Waals surface area contributed by atoms with E-state index in [-0.39, 0.29) is 5.91 Å². The van der Waals surface area contributed by atoms with Gasteiger partial charge in [0.1, 0.15) is 9.85 Å². The van der Waals surface area contributed by atoms with E-state index < -0.39 is 0 Å². The molecule has 2 aliphatic heterocycles. The summed E-state index contributed by atoms with van der Waals surface area (Å²) in [6.07, 6.45) is 1.74.